The third kappa shape index (κ3) is 4.79. The Balaban J connectivity index is 2.06. The van der Waals surface area contributed by atoms with Gasteiger partial charge in [-0.15, -0.1) is 0 Å². The molecule has 0 atom stereocenters. The molecular formula is C18H11Cl3N2O4S2. The molecule has 3 rings (SSSR count). The normalized spacial score (nSPS) is 18.2. The van der Waals surface area contributed by atoms with E-state index in [-0.39, 0.29) is 36.3 Å². The molecule has 11 heteroatoms. The monoisotopic (exact) mass is 488 g/mol. The first-order chi connectivity index (χ1) is 13.6. The predicted molar refractivity (Wildman–Crippen MR) is 115 cm³/mol. The zero-order valence-corrected chi connectivity index (χ0v) is 18.2. The molecule has 1 aliphatic carbocycles. The van der Waals surface area contributed by atoms with Crippen molar-refractivity contribution >= 4 is 66.3 Å². The van der Waals surface area contributed by atoms with Crippen molar-refractivity contribution in [2.24, 2.45) is 8.80 Å². The van der Waals surface area contributed by atoms with Gasteiger partial charge in [-0.25, -0.2) is 0 Å². The maximum atomic E-state index is 12.5. The molecule has 2 aromatic rings. The van der Waals surface area contributed by atoms with Crippen LogP contribution in [0.2, 0.25) is 0 Å². The quantitative estimate of drug-likeness (QED) is 0.592. The molecule has 0 fully saturated rings. The van der Waals surface area contributed by atoms with Crippen molar-refractivity contribution in [1.29, 1.82) is 0 Å². The molecule has 1 aliphatic rings. The molecule has 0 bridgehead atoms. The third-order valence-corrected chi connectivity index (χ3v) is 7.36. The van der Waals surface area contributed by atoms with Crippen molar-refractivity contribution in [1.82, 2.24) is 0 Å². The molecule has 0 unspecified atom stereocenters. The zero-order valence-electron chi connectivity index (χ0n) is 14.3. The highest BCUT2D eigenvalue weighted by atomic mass is 35.5. The molecule has 0 N–H and O–H groups in total. The van der Waals surface area contributed by atoms with Gasteiger partial charge >= 0.3 is 0 Å². The van der Waals surface area contributed by atoms with E-state index in [4.69, 9.17) is 34.8 Å². The summed E-state index contributed by atoms with van der Waals surface area (Å²) in [4.78, 5) is -0.118. The van der Waals surface area contributed by atoms with Gasteiger partial charge in [0.1, 0.15) is 5.71 Å². The van der Waals surface area contributed by atoms with E-state index >= 15 is 0 Å². The molecule has 0 amide bonds. The third-order valence-electron chi connectivity index (χ3n) is 3.63. The van der Waals surface area contributed by atoms with Crippen LogP contribution in [0.25, 0.3) is 0 Å². The summed E-state index contributed by atoms with van der Waals surface area (Å²) in [5.74, 6) is 0. The molecule has 0 radical (unpaired) electrons. The molecule has 0 saturated heterocycles. The summed E-state index contributed by atoms with van der Waals surface area (Å²) in [5, 5.41) is -0.848. The number of rotatable bonds is 4. The number of benzene rings is 2. The fraction of sp³-hybridized carbons (Fsp3) is 0. The second kappa shape index (κ2) is 8.41. The van der Waals surface area contributed by atoms with E-state index in [9.17, 15) is 16.8 Å². The van der Waals surface area contributed by atoms with Crippen LogP contribution in [0.4, 0.5) is 0 Å². The van der Waals surface area contributed by atoms with Crippen molar-refractivity contribution in [3.63, 3.8) is 0 Å². The number of sulfonamides is 2. The molecule has 0 heterocycles. The number of hydrogen-bond acceptors (Lipinski definition) is 4. The Morgan fingerprint density at radius 3 is 1.55 bits per heavy atom. The SMILES string of the molecule is O=S(=O)(/N=C1C=C(Cl)/C(=N/S(=O)(=O)c2ccccc2)C(Cl)=C/1Cl)c1ccccc1. The van der Waals surface area contributed by atoms with Crippen molar-refractivity contribution in [2.45, 2.75) is 9.79 Å². The summed E-state index contributed by atoms with van der Waals surface area (Å²) in [7, 11) is -8.20. The molecule has 2 aromatic carbocycles. The van der Waals surface area contributed by atoms with Gasteiger partial charge in [0, 0.05) is 0 Å². The topological polar surface area (TPSA) is 93.0 Å². The average molecular weight is 490 g/mol. The van der Waals surface area contributed by atoms with Crippen molar-refractivity contribution in [3.8, 4) is 0 Å². The van der Waals surface area contributed by atoms with E-state index in [2.05, 4.69) is 8.80 Å². The van der Waals surface area contributed by atoms with Gasteiger partial charge in [-0.1, -0.05) is 71.2 Å². The fourth-order valence-corrected chi connectivity index (χ4v) is 5.17. The van der Waals surface area contributed by atoms with E-state index in [0.29, 0.717) is 0 Å². The van der Waals surface area contributed by atoms with Crippen LogP contribution in [-0.2, 0) is 20.0 Å². The number of allylic oxidation sites excluding steroid dienone is 4. The van der Waals surface area contributed by atoms with E-state index in [0.717, 1.165) is 6.08 Å². The summed E-state index contributed by atoms with van der Waals surface area (Å²) in [6, 6.07) is 14.9. The average Bonchev–Trinajstić information content (AvgIpc) is 2.70. The lowest BCUT2D eigenvalue weighted by Gasteiger charge is -2.14. The maximum absolute atomic E-state index is 12.5. The molecule has 0 spiro atoms. The van der Waals surface area contributed by atoms with Gasteiger partial charge < -0.3 is 0 Å². The van der Waals surface area contributed by atoms with Crippen molar-refractivity contribution in [2.75, 3.05) is 0 Å². The molecule has 0 saturated carbocycles. The lowest BCUT2D eigenvalue weighted by molar-refractivity contribution is 0.596. The maximum Gasteiger partial charge on any atom is 0.282 e. The lowest BCUT2D eigenvalue weighted by Crippen LogP contribution is -2.16. The predicted octanol–water partition coefficient (Wildman–Crippen LogP) is 4.47. The molecule has 0 aliphatic heterocycles. The van der Waals surface area contributed by atoms with Gasteiger partial charge in [0.25, 0.3) is 20.0 Å². The van der Waals surface area contributed by atoms with E-state index in [1.165, 1.54) is 36.4 Å². The van der Waals surface area contributed by atoms with Crippen molar-refractivity contribution in [3.05, 3.63) is 81.8 Å². The summed E-state index contributed by atoms with van der Waals surface area (Å²) in [6.07, 6.45) is 1.09. The Hall–Kier alpha value is -1.97. The Labute approximate surface area is 183 Å². The standard InChI is InChI=1S/C18H11Cl3N2O4S2/c19-14-11-15(22-28(24,25)12-7-3-1-4-8-12)16(20)17(21)18(14)23-29(26,27)13-9-5-2-6-10-13/h1-11H/b22-15-,23-18-. The van der Waals surface area contributed by atoms with Gasteiger partial charge in [0.2, 0.25) is 0 Å². The lowest BCUT2D eigenvalue weighted by atomic mass is 10.1. The Kier molecular flexibility index (Phi) is 6.30. The second-order valence-corrected chi connectivity index (χ2v) is 9.98. The van der Waals surface area contributed by atoms with Crippen LogP contribution in [-0.4, -0.2) is 28.3 Å². The first-order valence-electron chi connectivity index (χ1n) is 7.85. The zero-order chi connectivity index (χ0) is 21.2. The molecule has 6 nitrogen and oxygen atoms in total. The van der Waals surface area contributed by atoms with Gasteiger partial charge in [0.05, 0.1) is 30.6 Å². The minimum atomic E-state index is -4.12. The molecule has 29 heavy (non-hydrogen) atoms. The molecule has 0 aromatic heterocycles. The summed E-state index contributed by atoms with van der Waals surface area (Å²) in [5.41, 5.74) is -0.542. The minimum Gasteiger partial charge on any atom is -0.199 e. The first kappa shape index (κ1) is 21.7. The largest absolute Gasteiger partial charge is 0.282 e. The highest BCUT2D eigenvalue weighted by molar-refractivity contribution is 7.90. The van der Waals surface area contributed by atoms with Gasteiger partial charge in [-0.2, -0.15) is 25.6 Å². The van der Waals surface area contributed by atoms with Crippen LogP contribution in [0, 0.1) is 0 Å². The molecule has 150 valence electrons. The van der Waals surface area contributed by atoms with Crippen LogP contribution >= 0.6 is 34.8 Å². The van der Waals surface area contributed by atoms with E-state index in [1.54, 1.807) is 24.3 Å². The van der Waals surface area contributed by atoms with E-state index < -0.39 is 20.0 Å². The van der Waals surface area contributed by atoms with Crippen LogP contribution in [0.15, 0.2) is 100 Å². The Bertz CT molecular complexity index is 1280. The summed E-state index contributed by atoms with van der Waals surface area (Å²) >= 11 is 18.4. The summed E-state index contributed by atoms with van der Waals surface area (Å²) in [6.45, 7) is 0. The van der Waals surface area contributed by atoms with Crippen LogP contribution in [0.1, 0.15) is 0 Å². The minimum absolute atomic E-state index is 0.0521. The second-order valence-electron chi connectivity index (χ2n) is 5.61. The fourth-order valence-electron chi connectivity index (χ4n) is 2.26. The number of hydrogen-bond donors (Lipinski definition) is 0. The van der Waals surface area contributed by atoms with Crippen LogP contribution in [0.5, 0.6) is 0 Å². The van der Waals surface area contributed by atoms with Crippen LogP contribution < -0.4 is 0 Å². The molecular weight excluding hydrogens is 479 g/mol. The Morgan fingerprint density at radius 1 is 0.621 bits per heavy atom. The highest BCUT2D eigenvalue weighted by Gasteiger charge is 2.27. The van der Waals surface area contributed by atoms with E-state index in [1.807, 2.05) is 0 Å². The van der Waals surface area contributed by atoms with Crippen LogP contribution in [0.3, 0.4) is 0 Å². The van der Waals surface area contributed by atoms with Gasteiger partial charge in [0.15, 0.2) is 0 Å². The van der Waals surface area contributed by atoms with Gasteiger partial charge in [-0.05, 0) is 30.3 Å². The van der Waals surface area contributed by atoms with Crippen molar-refractivity contribution < 1.29 is 16.8 Å². The smallest absolute Gasteiger partial charge is 0.199 e. The Morgan fingerprint density at radius 2 is 1.07 bits per heavy atom. The summed E-state index contributed by atoms with van der Waals surface area (Å²) < 4.78 is 57.1. The first-order valence-corrected chi connectivity index (χ1v) is 11.9. The highest BCUT2D eigenvalue weighted by Crippen LogP contribution is 2.31. The van der Waals surface area contributed by atoms with Gasteiger partial charge in [-0.3, -0.25) is 0 Å². The number of halogens is 3. The number of nitrogens with zero attached hydrogens (tertiary/aromatic N) is 2.